The first kappa shape index (κ1) is 16.7. The summed E-state index contributed by atoms with van der Waals surface area (Å²) in [4.78, 5) is 20.3. The van der Waals surface area contributed by atoms with E-state index >= 15 is 0 Å². The quantitative estimate of drug-likeness (QED) is 0.619. The molecule has 1 N–H and O–H groups in total. The molecule has 0 aliphatic rings. The zero-order valence-corrected chi connectivity index (χ0v) is 13.2. The Morgan fingerprint density at radius 3 is 2.70 bits per heavy atom. The molecule has 0 saturated carbocycles. The van der Waals surface area contributed by atoms with Gasteiger partial charge in [0.1, 0.15) is 22.8 Å². The number of rotatable bonds is 7. The minimum absolute atomic E-state index is 0.300. The molecule has 1 unspecified atom stereocenters. The van der Waals surface area contributed by atoms with Gasteiger partial charge in [-0.2, -0.15) is 0 Å². The van der Waals surface area contributed by atoms with Gasteiger partial charge in [-0.25, -0.2) is 14.8 Å². The number of anilines is 1. The zero-order chi connectivity index (χ0) is 15.1. The molecule has 0 aliphatic heterocycles. The lowest BCUT2D eigenvalue weighted by molar-refractivity contribution is -0.141. The van der Waals surface area contributed by atoms with Crippen LogP contribution in [0.4, 0.5) is 5.82 Å². The van der Waals surface area contributed by atoms with Crippen molar-refractivity contribution in [3.63, 3.8) is 0 Å². The van der Waals surface area contributed by atoms with Gasteiger partial charge in [-0.05, 0) is 18.8 Å². The van der Waals surface area contributed by atoms with Crippen LogP contribution in [-0.4, -0.2) is 29.1 Å². The topological polar surface area (TPSA) is 64.1 Å². The molecule has 0 spiro atoms. The summed E-state index contributed by atoms with van der Waals surface area (Å²) in [6.45, 7) is 6.15. The normalized spacial score (nSPS) is 12.3. The summed E-state index contributed by atoms with van der Waals surface area (Å²) in [7, 11) is 1.38. The number of nitrogens with one attached hydrogen (secondary N) is 1. The molecule has 1 atom stereocenters. The Morgan fingerprint density at radius 2 is 2.15 bits per heavy atom. The maximum absolute atomic E-state index is 11.8. The first-order chi connectivity index (χ1) is 9.46. The number of aryl methyl sites for hydroxylation is 1. The highest BCUT2D eigenvalue weighted by molar-refractivity contribution is 6.29. The van der Waals surface area contributed by atoms with Crippen LogP contribution in [0, 0.1) is 5.92 Å². The minimum Gasteiger partial charge on any atom is -0.467 e. The molecular formula is C14H22ClN3O2. The SMILES string of the molecule is CCCc1nc(Cl)cc(NC(CC(C)C)C(=O)OC)n1. The molecule has 0 aromatic carbocycles. The summed E-state index contributed by atoms with van der Waals surface area (Å²) in [5.41, 5.74) is 0. The van der Waals surface area contributed by atoms with Crippen LogP contribution in [-0.2, 0) is 16.0 Å². The van der Waals surface area contributed by atoms with Crippen LogP contribution in [0.25, 0.3) is 0 Å². The third kappa shape index (κ3) is 5.33. The number of halogens is 1. The molecule has 1 aromatic rings. The lowest BCUT2D eigenvalue weighted by Gasteiger charge is -2.19. The Kier molecular flexibility index (Phi) is 6.71. The average Bonchev–Trinajstić information content (AvgIpc) is 2.36. The van der Waals surface area contributed by atoms with E-state index < -0.39 is 6.04 Å². The van der Waals surface area contributed by atoms with Gasteiger partial charge in [-0.15, -0.1) is 0 Å². The molecule has 1 aromatic heterocycles. The fourth-order valence-corrected chi connectivity index (χ4v) is 2.08. The van der Waals surface area contributed by atoms with Crippen molar-refractivity contribution >= 4 is 23.4 Å². The van der Waals surface area contributed by atoms with Crippen LogP contribution in [0.1, 0.15) is 39.4 Å². The number of ether oxygens (including phenoxy) is 1. The molecule has 0 saturated heterocycles. The van der Waals surface area contributed by atoms with Crippen LogP contribution < -0.4 is 5.32 Å². The molecule has 112 valence electrons. The predicted molar refractivity (Wildman–Crippen MR) is 79.9 cm³/mol. The molecule has 0 radical (unpaired) electrons. The number of methoxy groups -OCH3 is 1. The molecule has 0 bridgehead atoms. The Labute approximate surface area is 125 Å². The van der Waals surface area contributed by atoms with E-state index in [0.29, 0.717) is 29.1 Å². The van der Waals surface area contributed by atoms with E-state index in [-0.39, 0.29) is 5.97 Å². The van der Waals surface area contributed by atoms with Gasteiger partial charge in [0.2, 0.25) is 0 Å². The minimum atomic E-state index is -0.430. The summed E-state index contributed by atoms with van der Waals surface area (Å²) in [5.74, 6) is 1.30. The smallest absolute Gasteiger partial charge is 0.328 e. The molecule has 0 aliphatic carbocycles. The Morgan fingerprint density at radius 1 is 1.45 bits per heavy atom. The van der Waals surface area contributed by atoms with Gasteiger partial charge in [-0.1, -0.05) is 32.4 Å². The van der Waals surface area contributed by atoms with Crippen molar-refractivity contribution in [2.24, 2.45) is 5.92 Å². The highest BCUT2D eigenvalue weighted by Crippen LogP contribution is 2.16. The van der Waals surface area contributed by atoms with Crippen molar-refractivity contribution in [1.29, 1.82) is 0 Å². The number of hydrogen-bond donors (Lipinski definition) is 1. The highest BCUT2D eigenvalue weighted by atomic mass is 35.5. The number of hydrogen-bond acceptors (Lipinski definition) is 5. The first-order valence-corrected chi connectivity index (χ1v) is 7.21. The van der Waals surface area contributed by atoms with Gasteiger partial charge in [0.25, 0.3) is 0 Å². The monoisotopic (exact) mass is 299 g/mol. The Balaban J connectivity index is 2.89. The van der Waals surface area contributed by atoms with Gasteiger partial charge in [0.05, 0.1) is 7.11 Å². The van der Waals surface area contributed by atoms with Crippen LogP contribution >= 0.6 is 11.6 Å². The van der Waals surface area contributed by atoms with E-state index in [9.17, 15) is 4.79 Å². The summed E-state index contributed by atoms with van der Waals surface area (Å²) in [6.07, 6.45) is 2.35. The predicted octanol–water partition coefficient (Wildman–Crippen LogP) is 3.08. The molecule has 1 rings (SSSR count). The maximum atomic E-state index is 11.8. The van der Waals surface area contributed by atoms with Crippen molar-refractivity contribution < 1.29 is 9.53 Å². The molecular weight excluding hydrogens is 278 g/mol. The number of nitrogens with zero attached hydrogens (tertiary/aromatic N) is 2. The van der Waals surface area contributed by atoms with Crippen LogP contribution in [0.15, 0.2) is 6.07 Å². The standard InChI is InChI=1S/C14H22ClN3O2/c1-5-6-12-17-11(15)8-13(18-12)16-10(7-9(2)3)14(19)20-4/h8-10H,5-7H2,1-4H3,(H,16,17,18). The van der Waals surface area contributed by atoms with Crippen molar-refractivity contribution in [2.75, 3.05) is 12.4 Å². The number of carbonyl (C=O) groups is 1. The second kappa shape index (κ2) is 8.04. The van der Waals surface area contributed by atoms with E-state index in [1.54, 1.807) is 6.07 Å². The van der Waals surface area contributed by atoms with Gasteiger partial charge in [-0.3, -0.25) is 0 Å². The summed E-state index contributed by atoms with van der Waals surface area (Å²) in [6, 6.07) is 1.19. The fourth-order valence-electron chi connectivity index (χ4n) is 1.88. The van der Waals surface area contributed by atoms with Crippen LogP contribution in [0.3, 0.4) is 0 Å². The van der Waals surface area contributed by atoms with Gasteiger partial charge in [0, 0.05) is 12.5 Å². The molecule has 5 nitrogen and oxygen atoms in total. The largest absolute Gasteiger partial charge is 0.467 e. The van der Waals surface area contributed by atoms with Crippen molar-refractivity contribution in [3.05, 3.63) is 17.0 Å². The maximum Gasteiger partial charge on any atom is 0.328 e. The van der Waals surface area contributed by atoms with E-state index in [4.69, 9.17) is 16.3 Å². The zero-order valence-electron chi connectivity index (χ0n) is 12.4. The molecule has 20 heavy (non-hydrogen) atoms. The van der Waals surface area contributed by atoms with E-state index in [0.717, 1.165) is 12.8 Å². The summed E-state index contributed by atoms with van der Waals surface area (Å²) < 4.78 is 4.82. The van der Waals surface area contributed by atoms with Gasteiger partial charge in [0.15, 0.2) is 0 Å². The lowest BCUT2D eigenvalue weighted by Crippen LogP contribution is -2.32. The van der Waals surface area contributed by atoms with Crippen molar-refractivity contribution in [3.8, 4) is 0 Å². The van der Waals surface area contributed by atoms with Gasteiger partial charge < -0.3 is 10.1 Å². The first-order valence-electron chi connectivity index (χ1n) is 6.84. The average molecular weight is 300 g/mol. The van der Waals surface area contributed by atoms with Crippen molar-refractivity contribution in [2.45, 2.75) is 46.1 Å². The molecule has 0 amide bonds. The number of aromatic nitrogens is 2. The second-order valence-electron chi connectivity index (χ2n) is 5.09. The molecule has 0 fully saturated rings. The third-order valence-electron chi connectivity index (χ3n) is 2.73. The van der Waals surface area contributed by atoms with E-state index in [1.807, 2.05) is 20.8 Å². The molecule has 6 heteroatoms. The third-order valence-corrected chi connectivity index (χ3v) is 2.92. The van der Waals surface area contributed by atoms with E-state index in [2.05, 4.69) is 15.3 Å². The fraction of sp³-hybridized carbons (Fsp3) is 0.643. The van der Waals surface area contributed by atoms with Crippen molar-refractivity contribution in [1.82, 2.24) is 9.97 Å². The number of carbonyl (C=O) groups excluding carboxylic acids is 1. The number of esters is 1. The van der Waals surface area contributed by atoms with Gasteiger partial charge >= 0.3 is 5.97 Å². The lowest BCUT2D eigenvalue weighted by atomic mass is 10.0. The van der Waals surface area contributed by atoms with Crippen LogP contribution in [0.5, 0.6) is 0 Å². The summed E-state index contributed by atoms with van der Waals surface area (Å²) >= 11 is 5.98. The molecule has 1 heterocycles. The Hall–Kier alpha value is -1.36. The Bertz CT molecular complexity index is 452. The van der Waals surface area contributed by atoms with Crippen LogP contribution in [0.2, 0.25) is 5.15 Å². The summed E-state index contributed by atoms with van der Waals surface area (Å²) in [5, 5.41) is 3.46. The highest BCUT2D eigenvalue weighted by Gasteiger charge is 2.21. The second-order valence-corrected chi connectivity index (χ2v) is 5.48. The van der Waals surface area contributed by atoms with E-state index in [1.165, 1.54) is 7.11 Å².